The Morgan fingerprint density at radius 2 is 1.06 bits per heavy atom. The van der Waals surface area contributed by atoms with Gasteiger partial charge in [-0.1, -0.05) is 0 Å². The number of hydrogen-bond donors (Lipinski definition) is 0. The van der Waals surface area contributed by atoms with E-state index in [4.69, 9.17) is 0 Å². The minimum absolute atomic E-state index is 0.695. The fraction of sp³-hybridized carbons (Fsp3) is 0.667. The van der Waals surface area contributed by atoms with E-state index in [1.807, 2.05) is 0 Å². The summed E-state index contributed by atoms with van der Waals surface area (Å²) >= 11 is 0. The van der Waals surface area contributed by atoms with E-state index in [1.165, 1.54) is 0 Å². The van der Waals surface area contributed by atoms with Crippen LogP contribution in [-0.4, -0.2) is 32.9 Å². The van der Waals surface area contributed by atoms with E-state index in [-0.39, 0.29) is 0 Å². The predicted molar refractivity (Wildman–Crippen MR) is 41.8 cm³/mol. The van der Waals surface area contributed by atoms with E-state index in [1.54, 1.807) is 0 Å². The zero-order valence-corrected chi connectivity index (χ0v) is 9.40. The lowest BCUT2D eigenvalue weighted by Crippen LogP contribution is -2.46. The number of alkyl halides is 6. The second kappa shape index (κ2) is 4.54. The third-order valence-electron chi connectivity index (χ3n) is 1.14. The second-order valence-electron chi connectivity index (χ2n) is 3.17. The number of rotatable bonds is 2. The molecule has 0 aromatic rings. The van der Waals surface area contributed by atoms with Gasteiger partial charge < -0.3 is 8.85 Å². The highest BCUT2D eigenvalue weighted by molar-refractivity contribution is 6.67. The van der Waals surface area contributed by atoms with Crippen molar-refractivity contribution < 1.29 is 44.8 Å². The Balaban J connectivity index is 4.62. The zero-order chi connectivity index (χ0) is 14.1. The van der Waals surface area contributed by atoms with Gasteiger partial charge in [-0.2, -0.15) is 26.3 Å². The molecule has 0 saturated heterocycles. The van der Waals surface area contributed by atoms with E-state index >= 15 is 0 Å². The van der Waals surface area contributed by atoms with Crippen molar-refractivity contribution in [3.05, 3.63) is 0 Å². The van der Waals surface area contributed by atoms with Gasteiger partial charge in [0.15, 0.2) is 0 Å². The first kappa shape index (κ1) is 15.7. The molecule has 0 aliphatic carbocycles. The molecule has 11 heteroatoms. The van der Waals surface area contributed by atoms with Crippen LogP contribution in [0.25, 0.3) is 0 Å². The van der Waals surface area contributed by atoms with Gasteiger partial charge in [0.25, 0.3) is 0 Å². The molecule has 100 valence electrons. The topological polar surface area (TPSA) is 52.6 Å². The highest BCUT2D eigenvalue weighted by Crippen LogP contribution is 2.23. The van der Waals surface area contributed by atoms with Crippen LogP contribution in [0.4, 0.5) is 26.3 Å². The summed E-state index contributed by atoms with van der Waals surface area (Å²) in [5, 5.41) is 0. The first-order valence-electron chi connectivity index (χ1n) is 3.86. The molecule has 0 unspecified atom stereocenters. The third kappa shape index (κ3) is 5.56. The van der Waals surface area contributed by atoms with Gasteiger partial charge in [-0.05, 0) is 0 Å². The molecule has 0 aliphatic rings. The van der Waals surface area contributed by atoms with Crippen molar-refractivity contribution in [3.8, 4) is 0 Å². The van der Waals surface area contributed by atoms with E-state index in [0.717, 1.165) is 0 Å². The molecule has 0 radical (unpaired) electrons. The lowest BCUT2D eigenvalue weighted by molar-refractivity contribution is -0.198. The largest absolute Gasteiger partial charge is 0.489 e. The van der Waals surface area contributed by atoms with Gasteiger partial charge in [-0.3, -0.25) is 0 Å². The first-order chi connectivity index (χ1) is 7.26. The summed E-state index contributed by atoms with van der Waals surface area (Å²) in [6.07, 6.45) is -10.7. The Hall–Kier alpha value is -1.26. The molecule has 17 heavy (non-hydrogen) atoms. The number of halogens is 6. The molecule has 0 rings (SSSR count). The van der Waals surface area contributed by atoms with Crippen LogP contribution in [0.5, 0.6) is 0 Å². The standard InChI is InChI=1S/C6H6F6O4Si/c1-17(2,15-3(13)5(7,8)9)16-4(14)6(10,11)12/h1-2H3. The van der Waals surface area contributed by atoms with Crippen molar-refractivity contribution in [1.29, 1.82) is 0 Å². The maximum atomic E-state index is 11.7. The van der Waals surface area contributed by atoms with E-state index in [0.29, 0.717) is 13.1 Å². The smallest absolute Gasteiger partial charge is 0.478 e. The molecule has 0 atom stereocenters. The van der Waals surface area contributed by atoms with Gasteiger partial charge >= 0.3 is 32.9 Å². The minimum atomic E-state index is -5.37. The molecule has 0 amide bonds. The van der Waals surface area contributed by atoms with Crippen molar-refractivity contribution in [2.45, 2.75) is 25.4 Å². The quantitative estimate of drug-likeness (QED) is 0.574. The fourth-order valence-electron chi connectivity index (χ4n) is 0.583. The molecular formula is C6H6F6O4Si. The van der Waals surface area contributed by atoms with Gasteiger partial charge in [0.1, 0.15) is 0 Å². The molecular weight excluding hydrogens is 278 g/mol. The first-order valence-corrected chi connectivity index (χ1v) is 6.68. The Labute approximate surface area is 91.7 Å². The Kier molecular flexibility index (Phi) is 4.21. The summed E-state index contributed by atoms with van der Waals surface area (Å²) in [5.74, 6) is -5.41. The molecule has 0 aliphatic heterocycles. The maximum absolute atomic E-state index is 11.7. The van der Waals surface area contributed by atoms with Gasteiger partial charge in [-0.15, -0.1) is 0 Å². The molecule has 0 N–H and O–H groups in total. The summed E-state index contributed by atoms with van der Waals surface area (Å²) in [5.41, 5.74) is 0. The predicted octanol–water partition coefficient (Wildman–Crippen LogP) is 1.90. The van der Waals surface area contributed by atoms with Crippen LogP contribution in [0, 0.1) is 0 Å². The Morgan fingerprint density at radius 3 is 1.24 bits per heavy atom. The second-order valence-corrected chi connectivity index (χ2v) is 6.38. The van der Waals surface area contributed by atoms with Crippen LogP contribution in [0.3, 0.4) is 0 Å². The molecule has 0 aromatic carbocycles. The Morgan fingerprint density at radius 1 is 0.824 bits per heavy atom. The number of hydrogen-bond acceptors (Lipinski definition) is 4. The highest BCUT2D eigenvalue weighted by Gasteiger charge is 2.50. The van der Waals surface area contributed by atoms with Crippen molar-refractivity contribution >= 4 is 20.5 Å². The molecule has 0 heterocycles. The monoisotopic (exact) mass is 284 g/mol. The molecule has 0 spiro atoms. The van der Waals surface area contributed by atoms with Crippen LogP contribution in [-0.2, 0) is 18.4 Å². The zero-order valence-electron chi connectivity index (χ0n) is 8.40. The van der Waals surface area contributed by atoms with Crippen molar-refractivity contribution in [3.63, 3.8) is 0 Å². The molecule has 0 aromatic heterocycles. The van der Waals surface area contributed by atoms with Crippen molar-refractivity contribution in [2.24, 2.45) is 0 Å². The van der Waals surface area contributed by atoms with Gasteiger partial charge in [0, 0.05) is 13.1 Å². The van der Waals surface area contributed by atoms with Gasteiger partial charge in [0.2, 0.25) is 0 Å². The van der Waals surface area contributed by atoms with Gasteiger partial charge in [-0.25, -0.2) is 9.59 Å². The van der Waals surface area contributed by atoms with E-state index in [2.05, 4.69) is 8.85 Å². The van der Waals surface area contributed by atoms with Crippen LogP contribution in [0.15, 0.2) is 0 Å². The number of carbonyl (C=O) groups excluding carboxylic acids is 2. The Bertz CT molecular complexity index is 289. The lowest BCUT2D eigenvalue weighted by atomic mass is 10.7. The SMILES string of the molecule is C[Si](C)(OC(=O)C(F)(F)F)OC(=O)C(F)(F)F. The summed E-state index contributed by atoms with van der Waals surface area (Å²) < 4.78 is 77.8. The van der Waals surface area contributed by atoms with Crippen LogP contribution >= 0.6 is 0 Å². The lowest BCUT2D eigenvalue weighted by Gasteiger charge is -2.23. The summed E-state index contributed by atoms with van der Waals surface area (Å²) in [6, 6.07) is 0. The normalized spacial score (nSPS) is 13.2. The van der Waals surface area contributed by atoms with Crippen LogP contribution in [0.2, 0.25) is 13.1 Å². The minimum Gasteiger partial charge on any atom is -0.478 e. The van der Waals surface area contributed by atoms with Crippen LogP contribution in [0.1, 0.15) is 0 Å². The van der Waals surface area contributed by atoms with Crippen LogP contribution < -0.4 is 0 Å². The summed E-state index contributed by atoms with van der Waals surface area (Å²) in [7, 11) is -4.19. The third-order valence-corrected chi connectivity index (χ3v) is 2.49. The fourth-order valence-corrected chi connectivity index (χ4v) is 1.75. The molecule has 4 nitrogen and oxygen atoms in total. The summed E-state index contributed by atoms with van der Waals surface area (Å²) in [4.78, 5) is 20.7. The average molecular weight is 284 g/mol. The van der Waals surface area contributed by atoms with Crippen molar-refractivity contribution in [1.82, 2.24) is 0 Å². The summed E-state index contributed by atoms with van der Waals surface area (Å²) in [6.45, 7) is 1.39. The average Bonchev–Trinajstić information content (AvgIpc) is 1.97. The van der Waals surface area contributed by atoms with Gasteiger partial charge in [0.05, 0.1) is 0 Å². The maximum Gasteiger partial charge on any atom is 0.489 e. The van der Waals surface area contributed by atoms with Crippen molar-refractivity contribution in [2.75, 3.05) is 0 Å². The molecule has 0 bridgehead atoms. The number of carbonyl (C=O) groups is 2. The molecule has 0 saturated carbocycles. The highest BCUT2D eigenvalue weighted by atomic mass is 28.4. The van der Waals surface area contributed by atoms with E-state index in [9.17, 15) is 35.9 Å². The van der Waals surface area contributed by atoms with E-state index < -0.39 is 32.9 Å². The molecule has 0 fully saturated rings.